The highest BCUT2D eigenvalue weighted by Crippen LogP contribution is 2.25. The highest BCUT2D eigenvalue weighted by atomic mass is 35.5. The maximum atomic E-state index is 14.6. The van der Waals surface area contributed by atoms with E-state index in [2.05, 4.69) is 10.3 Å². The molecule has 1 aliphatic heterocycles. The van der Waals surface area contributed by atoms with E-state index in [0.29, 0.717) is 35.8 Å². The van der Waals surface area contributed by atoms with Crippen LogP contribution >= 0.6 is 11.6 Å². The lowest BCUT2D eigenvalue weighted by Gasteiger charge is -2.38. The lowest BCUT2D eigenvalue weighted by molar-refractivity contribution is 0.0939. The summed E-state index contributed by atoms with van der Waals surface area (Å²) in [5.74, 6) is -1.55. The van der Waals surface area contributed by atoms with Crippen molar-refractivity contribution in [2.45, 2.75) is 18.7 Å². The highest BCUT2D eigenvalue weighted by molar-refractivity contribution is 7.90. The number of sulfonamides is 1. The number of hydrogen-bond donors (Lipinski definition) is 2. The molecule has 2 N–H and O–H groups in total. The van der Waals surface area contributed by atoms with Crippen molar-refractivity contribution in [2.24, 2.45) is 0 Å². The summed E-state index contributed by atoms with van der Waals surface area (Å²) in [4.78, 5) is 16.7. The number of nitrogens with one attached hydrogen (secondary N) is 2. The Morgan fingerprint density at radius 3 is 2.48 bits per heavy atom. The summed E-state index contributed by atoms with van der Waals surface area (Å²) >= 11 is 5.99. The number of amides is 1. The number of halogens is 2. The van der Waals surface area contributed by atoms with Crippen molar-refractivity contribution >= 4 is 27.5 Å². The molecule has 0 atom stereocenters. The van der Waals surface area contributed by atoms with Gasteiger partial charge in [-0.25, -0.2) is 12.8 Å². The normalized spacial score (nSPS) is 14.6. The van der Waals surface area contributed by atoms with Crippen LogP contribution in [0.3, 0.4) is 0 Å². The minimum absolute atomic E-state index is 0.229. The van der Waals surface area contributed by atoms with E-state index >= 15 is 0 Å². The molecule has 33 heavy (non-hydrogen) atoms. The number of hydrogen-bond acceptors (Lipinski definition) is 4. The fraction of sp³-hybridized carbons (Fsp3) is 0.208. The van der Waals surface area contributed by atoms with Crippen LogP contribution in [-0.2, 0) is 16.6 Å². The molecule has 9 heteroatoms. The van der Waals surface area contributed by atoms with Gasteiger partial charge in [-0.2, -0.15) is 0 Å². The molecule has 1 heterocycles. The molecule has 3 aromatic rings. The van der Waals surface area contributed by atoms with Crippen molar-refractivity contribution in [1.82, 2.24) is 15.2 Å². The predicted molar refractivity (Wildman–Crippen MR) is 127 cm³/mol. The van der Waals surface area contributed by atoms with Gasteiger partial charge in [0.1, 0.15) is 11.1 Å². The van der Waals surface area contributed by atoms with Crippen LogP contribution in [-0.4, -0.2) is 37.6 Å². The lowest BCUT2D eigenvalue weighted by Crippen LogP contribution is -2.59. The van der Waals surface area contributed by atoms with Gasteiger partial charge in [-0.15, -0.1) is 4.83 Å². The van der Waals surface area contributed by atoms with Crippen LogP contribution in [0.2, 0.25) is 5.02 Å². The number of hydrazine groups is 1. The van der Waals surface area contributed by atoms with Crippen LogP contribution in [0.25, 0.3) is 11.1 Å². The molecule has 3 aromatic carbocycles. The van der Waals surface area contributed by atoms with Crippen LogP contribution in [0.1, 0.15) is 21.5 Å². The van der Waals surface area contributed by atoms with E-state index < -0.39 is 27.0 Å². The van der Waals surface area contributed by atoms with Crippen molar-refractivity contribution in [2.75, 3.05) is 13.1 Å². The standard InChI is InChI=1S/C24H23ClFN3O3S/c1-16-10-19(18-7-3-2-4-8-18)12-22(23(16)26)24(30)27-28-33(31,32)21-14-29(15-21)13-17-6-5-9-20(25)11-17/h2-12,21,28H,13-15H2,1H3,(H,27,30). The number of aryl methyl sites for hydroxylation is 1. The van der Waals surface area contributed by atoms with Crippen molar-refractivity contribution in [1.29, 1.82) is 0 Å². The van der Waals surface area contributed by atoms with Gasteiger partial charge in [0.25, 0.3) is 5.91 Å². The molecule has 0 spiro atoms. The Balaban J connectivity index is 1.38. The topological polar surface area (TPSA) is 78.5 Å². The van der Waals surface area contributed by atoms with Gasteiger partial charge >= 0.3 is 0 Å². The molecular weight excluding hydrogens is 465 g/mol. The molecule has 1 fully saturated rings. The smallest absolute Gasteiger partial charge is 0.269 e. The number of rotatable bonds is 7. The first-order valence-corrected chi connectivity index (χ1v) is 12.3. The van der Waals surface area contributed by atoms with Crippen molar-refractivity contribution in [3.8, 4) is 11.1 Å². The largest absolute Gasteiger partial charge is 0.296 e. The zero-order chi connectivity index (χ0) is 23.6. The first-order chi connectivity index (χ1) is 15.7. The van der Waals surface area contributed by atoms with E-state index in [1.54, 1.807) is 19.1 Å². The van der Waals surface area contributed by atoms with Gasteiger partial charge in [0.2, 0.25) is 10.0 Å². The number of carbonyl (C=O) groups is 1. The van der Waals surface area contributed by atoms with Crippen LogP contribution in [0.5, 0.6) is 0 Å². The minimum Gasteiger partial charge on any atom is -0.296 e. The Morgan fingerprint density at radius 2 is 1.79 bits per heavy atom. The molecule has 0 radical (unpaired) electrons. The van der Waals surface area contributed by atoms with Crippen molar-refractivity contribution in [3.05, 3.63) is 94.3 Å². The molecule has 1 aliphatic rings. The average molecular weight is 488 g/mol. The third-order valence-corrected chi connectivity index (χ3v) is 7.37. The second-order valence-electron chi connectivity index (χ2n) is 8.07. The average Bonchev–Trinajstić information content (AvgIpc) is 2.76. The van der Waals surface area contributed by atoms with E-state index in [9.17, 15) is 17.6 Å². The first-order valence-electron chi connectivity index (χ1n) is 10.4. The molecule has 1 saturated heterocycles. The summed E-state index contributed by atoms with van der Waals surface area (Å²) in [7, 11) is -3.82. The van der Waals surface area contributed by atoms with Gasteiger partial charge in [0.05, 0.1) is 5.56 Å². The van der Waals surface area contributed by atoms with Crippen LogP contribution in [0.4, 0.5) is 4.39 Å². The quantitative estimate of drug-likeness (QED) is 0.495. The Hall–Kier alpha value is -2.78. The molecule has 4 rings (SSSR count). The Morgan fingerprint density at radius 1 is 1.06 bits per heavy atom. The van der Waals surface area contributed by atoms with Gasteiger partial charge in [-0.1, -0.05) is 54.1 Å². The van der Waals surface area contributed by atoms with E-state index in [1.165, 1.54) is 6.07 Å². The molecule has 0 saturated carbocycles. The lowest BCUT2D eigenvalue weighted by atomic mass is 9.99. The number of likely N-dealkylation sites (tertiary alicyclic amines) is 1. The third kappa shape index (κ3) is 5.42. The fourth-order valence-corrected chi connectivity index (χ4v) is 5.17. The zero-order valence-corrected chi connectivity index (χ0v) is 19.5. The second-order valence-corrected chi connectivity index (χ2v) is 10.5. The molecule has 0 unspecified atom stereocenters. The second kappa shape index (κ2) is 9.61. The zero-order valence-electron chi connectivity index (χ0n) is 17.9. The summed E-state index contributed by atoms with van der Waals surface area (Å²) in [5.41, 5.74) is 4.70. The molecule has 0 bridgehead atoms. The fourth-order valence-electron chi connectivity index (χ4n) is 3.74. The predicted octanol–water partition coefficient (Wildman–Crippen LogP) is 3.90. The van der Waals surface area contributed by atoms with Crippen LogP contribution in [0.15, 0.2) is 66.7 Å². The van der Waals surface area contributed by atoms with Gasteiger partial charge in [-0.05, 0) is 53.4 Å². The SMILES string of the molecule is Cc1cc(-c2ccccc2)cc(C(=O)NNS(=O)(=O)C2CN(Cc3cccc(Cl)c3)C2)c1F. The van der Waals surface area contributed by atoms with Gasteiger partial charge in [0, 0.05) is 24.7 Å². The van der Waals surface area contributed by atoms with E-state index in [4.69, 9.17) is 11.6 Å². The Kier molecular flexibility index (Phi) is 6.81. The minimum atomic E-state index is -3.82. The Bertz CT molecular complexity index is 1280. The number of nitrogens with zero attached hydrogens (tertiary/aromatic N) is 1. The van der Waals surface area contributed by atoms with Gasteiger partial charge in [-0.3, -0.25) is 15.1 Å². The van der Waals surface area contributed by atoms with E-state index in [1.807, 2.05) is 53.4 Å². The van der Waals surface area contributed by atoms with Gasteiger partial charge in [0.15, 0.2) is 0 Å². The molecular formula is C24H23ClFN3O3S. The molecule has 6 nitrogen and oxygen atoms in total. The van der Waals surface area contributed by atoms with Crippen molar-refractivity contribution < 1.29 is 17.6 Å². The summed E-state index contributed by atoms with van der Waals surface area (Å²) in [6, 6.07) is 19.7. The van der Waals surface area contributed by atoms with Crippen molar-refractivity contribution in [3.63, 3.8) is 0 Å². The summed E-state index contributed by atoms with van der Waals surface area (Å²) in [6.07, 6.45) is 0. The van der Waals surface area contributed by atoms with Crippen LogP contribution in [0, 0.1) is 12.7 Å². The number of benzene rings is 3. The summed E-state index contributed by atoms with van der Waals surface area (Å²) in [6.45, 7) is 2.77. The molecule has 1 amide bonds. The van der Waals surface area contributed by atoms with E-state index in [-0.39, 0.29) is 5.56 Å². The third-order valence-electron chi connectivity index (χ3n) is 5.57. The Labute approximate surface area is 197 Å². The number of carbonyl (C=O) groups excluding carboxylic acids is 1. The maximum absolute atomic E-state index is 14.6. The maximum Gasteiger partial charge on any atom is 0.269 e. The molecule has 0 aliphatic carbocycles. The molecule has 0 aromatic heterocycles. The highest BCUT2D eigenvalue weighted by Gasteiger charge is 2.37. The van der Waals surface area contributed by atoms with Gasteiger partial charge < -0.3 is 0 Å². The summed E-state index contributed by atoms with van der Waals surface area (Å²) < 4.78 is 39.8. The monoisotopic (exact) mass is 487 g/mol. The summed E-state index contributed by atoms with van der Waals surface area (Å²) in [5, 5.41) is -0.0559. The van der Waals surface area contributed by atoms with Crippen LogP contribution < -0.4 is 10.3 Å². The van der Waals surface area contributed by atoms with E-state index in [0.717, 1.165) is 11.1 Å². The first kappa shape index (κ1) is 23.4. The molecule has 172 valence electrons.